The second-order valence-electron chi connectivity index (χ2n) is 3.56. The normalized spacial score (nSPS) is 22.9. The third-order valence-electron chi connectivity index (χ3n) is 2.47. The second kappa shape index (κ2) is 5.16. The smallest absolute Gasteiger partial charge is 0.150 e. The Morgan fingerprint density at radius 3 is 2.71 bits per heavy atom. The van der Waals surface area contributed by atoms with E-state index in [1.165, 1.54) is 0 Å². The Labute approximate surface area is 89.6 Å². The molecular weight excluding hydrogens is 220 g/mol. The van der Waals surface area contributed by atoms with Gasteiger partial charge in [0, 0.05) is 17.4 Å². The van der Waals surface area contributed by atoms with E-state index in [1.54, 1.807) is 18.7 Å². The highest BCUT2D eigenvalue weighted by Gasteiger charge is 2.24. The van der Waals surface area contributed by atoms with Gasteiger partial charge in [-0.3, -0.25) is 4.79 Å². The molecule has 14 heavy (non-hydrogen) atoms. The van der Waals surface area contributed by atoms with Gasteiger partial charge in [-0.2, -0.15) is 11.8 Å². The SMILES string of the molecule is CCS(=O)(=O)CCCC1CSCC1=O. The van der Waals surface area contributed by atoms with Gasteiger partial charge < -0.3 is 0 Å². The molecule has 1 heterocycles. The van der Waals surface area contributed by atoms with Crippen LogP contribution < -0.4 is 0 Å². The minimum Gasteiger partial charge on any atom is -0.298 e. The molecule has 0 aromatic rings. The molecule has 1 rings (SSSR count). The van der Waals surface area contributed by atoms with E-state index in [0.717, 1.165) is 12.2 Å². The highest BCUT2D eigenvalue weighted by Crippen LogP contribution is 2.24. The third kappa shape index (κ3) is 3.61. The van der Waals surface area contributed by atoms with Crippen molar-refractivity contribution in [3.05, 3.63) is 0 Å². The van der Waals surface area contributed by atoms with Crippen molar-refractivity contribution in [3.8, 4) is 0 Å². The molecule has 5 heteroatoms. The molecule has 1 atom stereocenters. The first-order valence-electron chi connectivity index (χ1n) is 4.86. The molecule has 0 aromatic carbocycles. The summed E-state index contributed by atoms with van der Waals surface area (Å²) in [7, 11) is -2.85. The van der Waals surface area contributed by atoms with Crippen LogP contribution in [0.4, 0.5) is 0 Å². The van der Waals surface area contributed by atoms with Crippen LogP contribution in [0, 0.1) is 5.92 Å². The molecule has 0 bridgehead atoms. The van der Waals surface area contributed by atoms with Gasteiger partial charge in [-0.25, -0.2) is 8.42 Å². The van der Waals surface area contributed by atoms with Crippen molar-refractivity contribution in [3.63, 3.8) is 0 Å². The number of ketones is 1. The number of carbonyl (C=O) groups is 1. The van der Waals surface area contributed by atoms with Gasteiger partial charge in [0.15, 0.2) is 0 Å². The van der Waals surface area contributed by atoms with Gasteiger partial charge in [-0.05, 0) is 12.8 Å². The molecule has 1 saturated heterocycles. The number of Topliss-reactive ketones (excluding diaryl/α,β-unsaturated/α-hetero) is 1. The number of hydrogen-bond donors (Lipinski definition) is 0. The first-order valence-corrected chi connectivity index (χ1v) is 7.83. The quantitative estimate of drug-likeness (QED) is 0.718. The fraction of sp³-hybridized carbons (Fsp3) is 0.889. The van der Waals surface area contributed by atoms with Crippen LogP contribution in [-0.4, -0.2) is 37.2 Å². The number of hydrogen-bond acceptors (Lipinski definition) is 4. The highest BCUT2D eigenvalue weighted by molar-refractivity contribution is 8.00. The topological polar surface area (TPSA) is 51.2 Å². The standard InChI is InChI=1S/C9H16O3S2/c1-2-14(11,12)5-3-4-8-6-13-7-9(8)10/h8H,2-7H2,1H3. The van der Waals surface area contributed by atoms with E-state index in [4.69, 9.17) is 0 Å². The first-order chi connectivity index (χ1) is 6.55. The van der Waals surface area contributed by atoms with Gasteiger partial charge in [-0.15, -0.1) is 0 Å². The maximum absolute atomic E-state index is 11.2. The molecule has 1 fully saturated rings. The molecule has 0 saturated carbocycles. The maximum Gasteiger partial charge on any atom is 0.150 e. The lowest BCUT2D eigenvalue weighted by Crippen LogP contribution is -2.14. The van der Waals surface area contributed by atoms with Crippen molar-refractivity contribution in [2.24, 2.45) is 5.92 Å². The Kier molecular flexibility index (Phi) is 4.44. The van der Waals surface area contributed by atoms with Crippen molar-refractivity contribution < 1.29 is 13.2 Å². The van der Waals surface area contributed by atoms with Crippen LogP contribution in [0.5, 0.6) is 0 Å². The summed E-state index contributed by atoms with van der Waals surface area (Å²) in [5.41, 5.74) is 0. The van der Waals surface area contributed by atoms with E-state index in [9.17, 15) is 13.2 Å². The van der Waals surface area contributed by atoms with Crippen LogP contribution in [0.1, 0.15) is 19.8 Å². The zero-order chi connectivity index (χ0) is 10.6. The van der Waals surface area contributed by atoms with Crippen molar-refractivity contribution in [1.29, 1.82) is 0 Å². The first kappa shape index (κ1) is 12.0. The number of thioether (sulfide) groups is 1. The Hall–Kier alpha value is -0.0300. The molecule has 1 aliphatic rings. The minimum absolute atomic E-state index is 0.118. The zero-order valence-electron chi connectivity index (χ0n) is 8.36. The van der Waals surface area contributed by atoms with Crippen LogP contribution in [0.25, 0.3) is 0 Å². The number of rotatable bonds is 5. The predicted octanol–water partition coefficient (Wildman–Crippen LogP) is 1.13. The molecule has 0 N–H and O–H groups in total. The average Bonchev–Trinajstić information content (AvgIpc) is 2.52. The lowest BCUT2D eigenvalue weighted by atomic mass is 10.0. The van der Waals surface area contributed by atoms with Gasteiger partial charge in [-0.1, -0.05) is 6.92 Å². The Morgan fingerprint density at radius 2 is 2.21 bits per heavy atom. The van der Waals surface area contributed by atoms with Crippen molar-refractivity contribution >= 4 is 27.4 Å². The van der Waals surface area contributed by atoms with Gasteiger partial charge in [0.25, 0.3) is 0 Å². The summed E-state index contributed by atoms with van der Waals surface area (Å²) < 4.78 is 22.3. The molecule has 0 spiro atoms. The minimum atomic E-state index is -2.85. The number of carbonyl (C=O) groups excluding carboxylic acids is 1. The van der Waals surface area contributed by atoms with Crippen LogP contribution in [-0.2, 0) is 14.6 Å². The Morgan fingerprint density at radius 1 is 1.50 bits per heavy atom. The fourth-order valence-corrected chi connectivity index (χ4v) is 3.54. The van der Waals surface area contributed by atoms with E-state index in [0.29, 0.717) is 18.0 Å². The lowest BCUT2D eigenvalue weighted by Gasteiger charge is -2.06. The molecule has 82 valence electrons. The molecule has 0 aliphatic carbocycles. The van der Waals surface area contributed by atoms with E-state index in [1.807, 2.05) is 0 Å². The molecule has 0 radical (unpaired) electrons. The Balaban J connectivity index is 2.25. The van der Waals surface area contributed by atoms with E-state index in [-0.39, 0.29) is 17.4 Å². The highest BCUT2D eigenvalue weighted by atomic mass is 32.2. The second-order valence-corrected chi connectivity index (χ2v) is 7.06. The maximum atomic E-state index is 11.2. The van der Waals surface area contributed by atoms with Gasteiger partial charge in [0.2, 0.25) is 0 Å². The summed E-state index contributed by atoms with van der Waals surface area (Å²) in [5, 5.41) is 0. The molecule has 3 nitrogen and oxygen atoms in total. The molecule has 0 amide bonds. The van der Waals surface area contributed by atoms with E-state index >= 15 is 0 Å². The van der Waals surface area contributed by atoms with E-state index in [2.05, 4.69) is 0 Å². The van der Waals surface area contributed by atoms with Crippen molar-refractivity contribution in [2.45, 2.75) is 19.8 Å². The fourth-order valence-electron chi connectivity index (χ4n) is 1.45. The molecule has 0 aromatic heterocycles. The molecule has 1 aliphatic heterocycles. The number of sulfone groups is 1. The summed E-state index contributed by atoms with van der Waals surface area (Å²) in [4.78, 5) is 11.2. The third-order valence-corrected chi connectivity index (χ3v) is 5.38. The monoisotopic (exact) mass is 236 g/mol. The summed E-state index contributed by atoms with van der Waals surface area (Å²) in [5.74, 6) is 2.35. The van der Waals surface area contributed by atoms with Crippen molar-refractivity contribution in [2.75, 3.05) is 23.0 Å². The van der Waals surface area contributed by atoms with Crippen molar-refractivity contribution in [1.82, 2.24) is 0 Å². The van der Waals surface area contributed by atoms with E-state index < -0.39 is 9.84 Å². The largest absolute Gasteiger partial charge is 0.298 e. The van der Waals surface area contributed by atoms with Gasteiger partial charge in [0.1, 0.15) is 15.6 Å². The lowest BCUT2D eigenvalue weighted by molar-refractivity contribution is -0.119. The van der Waals surface area contributed by atoms with Crippen LogP contribution in [0.2, 0.25) is 0 Å². The predicted molar refractivity (Wildman–Crippen MR) is 59.4 cm³/mol. The van der Waals surface area contributed by atoms with Crippen LogP contribution in [0.3, 0.4) is 0 Å². The van der Waals surface area contributed by atoms with Crippen LogP contribution in [0.15, 0.2) is 0 Å². The summed E-state index contributed by atoms with van der Waals surface area (Å²) in [6, 6.07) is 0. The van der Waals surface area contributed by atoms with Gasteiger partial charge in [0.05, 0.1) is 11.5 Å². The average molecular weight is 236 g/mol. The zero-order valence-corrected chi connectivity index (χ0v) is 9.99. The molecule has 1 unspecified atom stereocenters. The summed E-state index contributed by atoms with van der Waals surface area (Å²) in [6.45, 7) is 1.66. The van der Waals surface area contributed by atoms with Crippen LogP contribution >= 0.6 is 11.8 Å². The summed E-state index contributed by atoms with van der Waals surface area (Å²) >= 11 is 1.65. The Bertz CT molecular complexity index is 295. The molecular formula is C9H16O3S2. The summed E-state index contributed by atoms with van der Waals surface area (Å²) in [6.07, 6.45) is 1.37. The van der Waals surface area contributed by atoms with Gasteiger partial charge >= 0.3 is 0 Å².